The molecule has 1 aliphatic rings. The van der Waals surface area contributed by atoms with Crippen molar-refractivity contribution in [2.24, 2.45) is 10.1 Å². The Kier molecular flexibility index (Phi) is 5.04. The second-order valence-electron chi connectivity index (χ2n) is 3.53. The Morgan fingerprint density at radius 2 is 2.43 bits per heavy atom. The van der Waals surface area contributed by atoms with Crippen molar-refractivity contribution in [3.8, 4) is 0 Å². The largest absolute Gasteiger partial charge is 0.411 e. The predicted octanol–water partition coefficient (Wildman–Crippen LogP) is 1.74. The molecule has 1 N–H and O–H groups in total. The smallest absolute Gasteiger partial charge is 0.145 e. The molecule has 1 heterocycles. The third kappa shape index (κ3) is 3.36. The molecule has 0 aromatic rings. The third-order valence-electron chi connectivity index (χ3n) is 2.39. The van der Waals surface area contributed by atoms with Crippen molar-refractivity contribution in [1.82, 2.24) is 4.90 Å². The fourth-order valence-electron chi connectivity index (χ4n) is 1.62. The molecule has 0 aliphatic carbocycles. The number of rotatable bonds is 5. The predicted molar refractivity (Wildman–Crippen MR) is 58.3 cm³/mol. The molecule has 1 aliphatic heterocycles. The summed E-state index contributed by atoms with van der Waals surface area (Å²) in [6, 6.07) is 0. The number of nitrogens with zero attached hydrogens (tertiary/aromatic N) is 3. The Balaban J connectivity index is 2.40. The Labute approximate surface area is 85.3 Å². The Hall–Kier alpha value is -1.06. The fourth-order valence-corrected chi connectivity index (χ4v) is 1.62. The van der Waals surface area contributed by atoms with Crippen LogP contribution in [0, 0.1) is 0 Å². The van der Waals surface area contributed by atoms with E-state index in [9.17, 15) is 0 Å². The second-order valence-corrected chi connectivity index (χ2v) is 3.53. The zero-order valence-electron chi connectivity index (χ0n) is 8.82. The summed E-state index contributed by atoms with van der Waals surface area (Å²) in [6.45, 7) is 5.11. The average molecular weight is 197 g/mol. The van der Waals surface area contributed by atoms with Gasteiger partial charge in [-0.2, -0.15) is 0 Å². The summed E-state index contributed by atoms with van der Waals surface area (Å²) >= 11 is 0. The molecule has 80 valence electrons. The fraction of sp³-hybridized carbons (Fsp3) is 0.800. The van der Waals surface area contributed by atoms with Crippen LogP contribution in [0.15, 0.2) is 10.1 Å². The zero-order chi connectivity index (χ0) is 10.2. The molecule has 0 saturated heterocycles. The van der Waals surface area contributed by atoms with E-state index in [1.165, 1.54) is 25.5 Å². The molecule has 0 unspecified atom stereocenters. The van der Waals surface area contributed by atoms with Crippen LogP contribution in [-0.2, 0) is 0 Å². The summed E-state index contributed by atoms with van der Waals surface area (Å²) in [6.07, 6.45) is 6.21. The lowest BCUT2D eigenvalue weighted by atomic mass is 10.2. The molecular formula is C10H19N3O. The molecule has 0 bridgehead atoms. The minimum absolute atomic E-state index is 0.829. The van der Waals surface area contributed by atoms with E-state index >= 15 is 0 Å². The first kappa shape index (κ1) is 11.0. The maximum atomic E-state index is 8.47. The van der Waals surface area contributed by atoms with Crippen molar-refractivity contribution in [3.63, 3.8) is 0 Å². The van der Waals surface area contributed by atoms with Gasteiger partial charge in [-0.25, -0.2) is 0 Å². The van der Waals surface area contributed by atoms with E-state index in [-0.39, 0.29) is 0 Å². The molecule has 14 heavy (non-hydrogen) atoms. The molecule has 4 nitrogen and oxygen atoms in total. The molecule has 0 atom stereocenters. The van der Waals surface area contributed by atoms with Gasteiger partial charge in [-0.3, -0.25) is 4.99 Å². The van der Waals surface area contributed by atoms with Gasteiger partial charge in [-0.05, 0) is 12.8 Å². The van der Waals surface area contributed by atoms with Gasteiger partial charge in [-0.1, -0.05) is 24.9 Å². The number of hydrogen-bond acceptors (Lipinski definition) is 4. The summed E-state index contributed by atoms with van der Waals surface area (Å²) in [5, 5.41) is 11.5. The lowest BCUT2D eigenvalue weighted by molar-refractivity contribution is 0.320. The van der Waals surface area contributed by atoms with Crippen molar-refractivity contribution in [2.45, 2.75) is 32.6 Å². The minimum Gasteiger partial charge on any atom is -0.411 e. The van der Waals surface area contributed by atoms with Gasteiger partial charge in [0, 0.05) is 19.6 Å². The second kappa shape index (κ2) is 6.40. The topological polar surface area (TPSA) is 48.2 Å². The van der Waals surface area contributed by atoms with E-state index < -0.39 is 0 Å². The van der Waals surface area contributed by atoms with E-state index in [0.717, 1.165) is 31.9 Å². The van der Waals surface area contributed by atoms with Crippen LogP contribution in [-0.4, -0.2) is 41.8 Å². The highest BCUT2D eigenvalue weighted by Gasteiger charge is 2.12. The molecule has 0 aromatic carbocycles. The van der Waals surface area contributed by atoms with Gasteiger partial charge < -0.3 is 10.1 Å². The van der Waals surface area contributed by atoms with Crippen molar-refractivity contribution in [1.29, 1.82) is 0 Å². The Bertz CT molecular complexity index is 213. The van der Waals surface area contributed by atoms with E-state index in [0.29, 0.717) is 0 Å². The molecule has 0 radical (unpaired) electrons. The molecule has 0 aromatic heterocycles. The molecule has 0 spiro atoms. The summed E-state index contributed by atoms with van der Waals surface area (Å²) in [5.41, 5.74) is 0. The summed E-state index contributed by atoms with van der Waals surface area (Å²) in [4.78, 5) is 6.51. The van der Waals surface area contributed by atoms with Crippen LogP contribution >= 0.6 is 0 Å². The Morgan fingerprint density at radius 3 is 3.14 bits per heavy atom. The van der Waals surface area contributed by atoms with Crippen LogP contribution < -0.4 is 0 Å². The maximum absolute atomic E-state index is 8.47. The van der Waals surface area contributed by atoms with Crippen LogP contribution in [0.4, 0.5) is 0 Å². The van der Waals surface area contributed by atoms with Gasteiger partial charge in [-0.15, -0.1) is 0 Å². The highest BCUT2D eigenvalue weighted by molar-refractivity contribution is 6.29. The van der Waals surface area contributed by atoms with Crippen LogP contribution in [0.1, 0.15) is 32.6 Å². The summed E-state index contributed by atoms with van der Waals surface area (Å²) < 4.78 is 0. The van der Waals surface area contributed by atoms with Gasteiger partial charge >= 0.3 is 0 Å². The van der Waals surface area contributed by atoms with E-state index in [2.05, 4.69) is 22.0 Å². The number of unbranched alkanes of at least 4 members (excludes halogenated alkanes) is 2. The molecular weight excluding hydrogens is 178 g/mol. The van der Waals surface area contributed by atoms with E-state index in [1.807, 2.05) is 0 Å². The first-order valence-corrected chi connectivity index (χ1v) is 5.35. The van der Waals surface area contributed by atoms with Crippen molar-refractivity contribution in [2.75, 3.05) is 19.6 Å². The standard InChI is InChI=1S/C10H19N3O/c1-2-3-4-7-13-8-5-6-11-10(13)9-12-14/h9,14H,2-8H2,1H3/b12-9+. The first-order valence-electron chi connectivity index (χ1n) is 5.35. The van der Waals surface area contributed by atoms with E-state index in [4.69, 9.17) is 5.21 Å². The van der Waals surface area contributed by atoms with Gasteiger partial charge in [0.05, 0.1) is 0 Å². The molecule has 1 rings (SSSR count). The number of aliphatic imine (C=N–C) groups is 1. The lowest BCUT2D eigenvalue weighted by Gasteiger charge is -2.26. The van der Waals surface area contributed by atoms with Crippen LogP contribution in [0.2, 0.25) is 0 Å². The lowest BCUT2D eigenvalue weighted by Crippen LogP contribution is -2.37. The number of oxime groups is 1. The highest BCUT2D eigenvalue weighted by atomic mass is 16.4. The molecule has 0 saturated carbocycles. The maximum Gasteiger partial charge on any atom is 0.145 e. The Morgan fingerprint density at radius 1 is 1.57 bits per heavy atom. The summed E-state index contributed by atoms with van der Waals surface area (Å²) in [5.74, 6) is 0.829. The van der Waals surface area contributed by atoms with Crippen LogP contribution in [0.3, 0.4) is 0 Å². The molecule has 0 fully saturated rings. The van der Waals surface area contributed by atoms with Crippen LogP contribution in [0.5, 0.6) is 0 Å². The number of hydrogen-bond donors (Lipinski definition) is 1. The molecule has 4 heteroatoms. The SMILES string of the molecule is CCCCCN1CCCN=C1/C=N/O. The first-order chi connectivity index (χ1) is 6.88. The van der Waals surface area contributed by atoms with Crippen LogP contribution in [0.25, 0.3) is 0 Å². The van der Waals surface area contributed by atoms with Crippen molar-refractivity contribution >= 4 is 12.1 Å². The monoisotopic (exact) mass is 197 g/mol. The van der Waals surface area contributed by atoms with Gasteiger partial charge in [0.2, 0.25) is 0 Å². The minimum atomic E-state index is 0.829. The van der Waals surface area contributed by atoms with Crippen molar-refractivity contribution < 1.29 is 5.21 Å². The molecule has 0 amide bonds. The normalized spacial score (nSPS) is 17.5. The zero-order valence-corrected chi connectivity index (χ0v) is 8.82. The highest BCUT2D eigenvalue weighted by Crippen LogP contribution is 2.05. The van der Waals surface area contributed by atoms with Gasteiger partial charge in [0.15, 0.2) is 0 Å². The van der Waals surface area contributed by atoms with Crippen molar-refractivity contribution in [3.05, 3.63) is 0 Å². The average Bonchev–Trinajstić information content (AvgIpc) is 2.21. The number of amidine groups is 1. The van der Waals surface area contributed by atoms with Gasteiger partial charge in [0.1, 0.15) is 12.1 Å². The quantitative estimate of drug-likeness (QED) is 0.316. The van der Waals surface area contributed by atoms with E-state index in [1.54, 1.807) is 0 Å². The van der Waals surface area contributed by atoms with Gasteiger partial charge in [0.25, 0.3) is 0 Å². The summed E-state index contributed by atoms with van der Waals surface area (Å²) in [7, 11) is 0. The third-order valence-corrected chi connectivity index (χ3v) is 2.39.